The molecule has 4 heteroatoms. The van der Waals surface area contributed by atoms with Gasteiger partial charge in [-0.05, 0) is 12.8 Å². The highest BCUT2D eigenvalue weighted by atomic mass is 16.4. The zero-order valence-electron chi connectivity index (χ0n) is 8.01. The van der Waals surface area contributed by atoms with Gasteiger partial charge in [-0.25, -0.2) is 0 Å². The van der Waals surface area contributed by atoms with Gasteiger partial charge in [0, 0.05) is 19.9 Å². The summed E-state index contributed by atoms with van der Waals surface area (Å²) in [6.45, 7) is 2.19. The third-order valence-corrected chi connectivity index (χ3v) is 1.69. The summed E-state index contributed by atoms with van der Waals surface area (Å²) >= 11 is 0. The summed E-state index contributed by atoms with van der Waals surface area (Å²) in [7, 11) is 0. The Morgan fingerprint density at radius 2 is 1.77 bits per heavy atom. The molecule has 13 heavy (non-hydrogen) atoms. The molecule has 76 valence electrons. The molecule has 0 aliphatic rings. The monoisotopic (exact) mass is 187 g/mol. The fraction of sp³-hybridized carbons (Fsp3) is 0.778. The summed E-state index contributed by atoms with van der Waals surface area (Å²) in [6.07, 6.45) is 3.81. The van der Waals surface area contributed by atoms with E-state index in [1.54, 1.807) is 0 Å². The Balaban J connectivity index is 3.00. The fourth-order valence-electron chi connectivity index (χ4n) is 1.02. The van der Waals surface area contributed by atoms with Crippen LogP contribution in [0.15, 0.2) is 0 Å². The Hall–Kier alpha value is -1.06. The van der Waals surface area contributed by atoms with Gasteiger partial charge in [0.1, 0.15) is 0 Å². The van der Waals surface area contributed by atoms with Crippen LogP contribution in [0, 0.1) is 0 Å². The van der Waals surface area contributed by atoms with Crippen molar-refractivity contribution in [3.05, 3.63) is 0 Å². The number of carboxylic acids is 1. The molecular weight excluding hydrogens is 170 g/mol. The zero-order chi connectivity index (χ0) is 10.1. The first kappa shape index (κ1) is 11.9. The van der Waals surface area contributed by atoms with Crippen LogP contribution >= 0.6 is 0 Å². The van der Waals surface area contributed by atoms with Gasteiger partial charge < -0.3 is 10.4 Å². The predicted molar refractivity (Wildman–Crippen MR) is 49.4 cm³/mol. The third-order valence-electron chi connectivity index (χ3n) is 1.69. The number of hydrogen-bond acceptors (Lipinski definition) is 2. The second kappa shape index (κ2) is 7.58. The molecule has 0 aromatic carbocycles. The summed E-state index contributed by atoms with van der Waals surface area (Å²) in [5, 5.41) is 11.0. The van der Waals surface area contributed by atoms with Crippen molar-refractivity contribution in [1.29, 1.82) is 0 Å². The number of carbonyl (C=O) groups excluding carboxylic acids is 1. The van der Waals surface area contributed by atoms with E-state index in [-0.39, 0.29) is 12.3 Å². The van der Waals surface area contributed by atoms with Crippen molar-refractivity contribution in [3.63, 3.8) is 0 Å². The van der Waals surface area contributed by atoms with Crippen molar-refractivity contribution >= 4 is 11.9 Å². The summed E-state index contributed by atoms with van der Waals surface area (Å²) in [5.74, 6) is -0.743. The minimum absolute atomic E-state index is 0.00876. The maximum absolute atomic E-state index is 10.4. The van der Waals surface area contributed by atoms with Gasteiger partial charge in [-0.15, -0.1) is 0 Å². The molecule has 0 radical (unpaired) electrons. The first-order chi connectivity index (χ1) is 6.13. The van der Waals surface area contributed by atoms with Crippen LogP contribution < -0.4 is 5.32 Å². The fourth-order valence-corrected chi connectivity index (χ4v) is 1.02. The number of aliphatic carboxylic acids is 1. The van der Waals surface area contributed by atoms with Crippen molar-refractivity contribution < 1.29 is 14.7 Å². The highest BCUT2D eigenvalue weighted by molar-refractivity contribution is 5.72. The molecular formula is C9H17NO3. The summed E-state index contributed by atoms with van der Waals surface area (Å²) in [5.41, 5.74) is 0. The Bertz CT molecular complexity index is 150. The van der Waals surface area contributed by atoms with E-state index in [0.29, 0.717) is 6.54 Å². The van der Waals surface area contributed by atoms with Crippen LogP contribution in [-0.4, -0.2) is 23.5 Å². The Morgan fingerprint density at radius 3 is 2.31 bits per heavy atom. The summed E-state index contributed by atoms with van der Waals surface area (Å²) in [4.78, 5) is 20.6. The Kier molecular flexibility index (Phi) is 6.96. The van der Waals surface area contributed by atoms with Gasteiger partial charge in [-0.3, -0.25) is 9.59 Å². The van der Waals surface area contributed by atoms with Crippen molar-refractivity contribution in [2.75, 3.05) is 6.54 Å². The number of carboxylic acid groups (broad SMARTS) is 1. The van der Waals surface area contributed by atoms with Crippen LogP contribution in [0.4, 0.5) is 0 Å². The standard InChI is InChI=1S/C9H17NO3/c1-8(11)10-7-5-3-2-4-6-9(12)13/h2-7H2,1H3,(H,10,11)(H,12,13). The van der Waals surface area contributed by atoms with Crippen molar-refractivity contribution in [1.82, 2.24) is 5.32 Å². The molecule has 0 saturated carbocycles. The molecule has 0 heterocycles. The molecule has 0 rings (SSSR count). The maximum Gasteiger partial charge on any atom is 0.303 e. The van der Waals surface area contributed by atoms with Gasteiger partial charge >= 0.3 is 5.97 Å². The summed E-state index contributed by atoms with van der Waals surface area (Å²) in [6, 6.07) is 0. The van der Waals surface area contributed by atoms with E-state index in [9.17, 15) is 9.59 Å². The second-order valence-electron chi connectivity index (χ2n) is 3.04. The van der Waals surface area contributed by atoms with Gasteiger partial charge in [0.05, 0.1) is 0 Å². The first-order valence-corrected chi connectivity index (χ1v) is 4.59. The van der Waals surface area contributed by atoms with Crippen molar-refractivity contribution in [2.45, 2.75) is 39.0 Å². The minimum atomic E-state index is -0.734. The molecule has 0 unspecified atom stereocenters. The van der Waals surface area contributed by atoms with Crippen LogP contribution in [0.2, 0.25) is 0 Å². The quantitative estimate of drug-likeness (QED) is 0.588. The van der Waals surface area contributed by atoms with E-state index >= 15 is 0 Å². The van der Waals surface area contributed by atoms with E-state index in [2.05, 4.69) is 5.32 Å². The molecule has 0 aromatic rings. The third kappa shape index (κ3) is 10.9. The lowest BCUT2D eigenvalue weighted by molar-refractivity contribution is -0.137. The number of nitrogens with one attached hydrogen (secondary N) is 1. The molecule has 2 N–H and O–H groups in total. The SMILES string of the molecule is CC(=O)NCCCCCCC(=O)O. The van der Waals surface area contributed by atoms with Crippen LogP contribution in [0.3, 0.4) is 0 Å². The maximum atomic E-state index is 10.4. The number of hydrogen-bond donors (Lipinski definition) is 2. The lowest BCUT2D eigenvalue weighted by Crippen LogP contribution is -2.20. The van der Waals surface area contributed by atoms with E-state index in [0.717, 1.165) is 25.7 Å². The lowest BCUT2D eigenvalue weighted by Gasteiger charge is -2.00. The molecule has 0 fully saturated rings. The van der Waals surface area contributed by atoms with Crippen LogP contribution in [0.25, 0.3) is 0 Å². The number of amides is 1. The minimum Gasteiger partial charge on any atom is -0.481 e. The molecule has 0 saturated heterocycles. The van der Waals surface area contributed by atoms with Gasteiger partial charge in [0.2, 0.25) is 5.91 Å². The summed E-state index contributed by atoms with van der Waals surface area (Å²) < 4.78 is 0. The average molecular weight is 187 g/mol. The highest BCUT2D eigenvalue weighted by Crippen LogP contribution is 2.01. The molecule has 0 atom stereocenters. The number of carbonyl (C=O) groups is 2. The molecule has 4 nitrogen and oxygen atoms in total. The van der Waals surface area contributed by atoms with E-state index in [4.69, 9.17) is 5.11 Å². The van der Waals surface area contributed by atoms with Gasteiger partial charge in [-0.1, -0.05) is 12.8 Å². The molecule has 0 aromatic heterocycles. The van der Waals surface area contributed by atoms with Gasteiger partial charge in [0.15, 0.2) is 0 Å². The van der Waals surface area contributed by atoms with Crippen molar-refractivity contribution in [3.8, 4) is 0 Å². The molecule has 0 aliphatic carbocycles. The predicted octanol–water partition coefficient (Wildman–Crippen LogP) is 1.16. The van der Waals surface area contributed by atoms with E-state index in [1.807, 2.05) is 0 Å². The molecule has 0 aliphatic heterocycles. The normalized spacial score (nSPS) is 9.62. The van der Waals surface area contributed by atoms with E-state index in [1.165, 1.54) is 6.92 Å². The van der Waals surface area contributed by atoms with Crippen LogP contribution in [0.5, 0.6) is 0 Å². The molecule has 1 amide bonds. The molecule has 0 bridgehead atoms. The topological polar surface area (TPSA) is 66.4 Å². The average Bonchev–Trinajstić information content (AvgIpc) is 2.01. The highest BCUT2D eigenvalue weighted by Gasteiger charge is 1.96. The Labute approximate surface area is 78.3 Å². The van der Waals surface area contributed by atoms with Gasteiger partial charge in [-0.2, -0.15) is 0 Å². The van der Waals surface area contributed by atoms with Crippen LogP contribution in [0.1, 0.15) is 39.0 Å². The Morgan fingerprint density at radius 1 is 1.15 bits per heavy atom. The number of rotatable bonds is 7. The lowest BCUT2D eigenvalue weighted by atomic mass is 10.1. The smallest absolute Gasteiger partial charge is 0.303 e. The first-order valence-electron chi connectivity index (χ1n) is 4.59. The van der Waals surface area contributed by atoms with E-state index < -0.39 is 5.97 Å². The largest absolute Gasteiger partial charge is 0.481 e. The zero-order valence-corrected chi connectivity index (χ0v) is 8.01. The van der Waals surface area contributed by atoms with Crippen molar-refractivity contribution in [2.24, 2.45) is 0 Å². The number of unbranched alkanes of at least 4 members (excludes halogenated alkanes) is 3. The van der Waals surface area contributed by atoms with Gasteiger partial charge in [0.25, 0.3) is 0 Å². The van der Waals surface area contributed by atoms with Crippen LogP contribution in [-0.2, 0) is 9.59 Å². The molecule has 0 spiro atoms. The second-order valence-corrected chi connectivity index (χ2v) is 3.04.